The van der Waals surface area contributed by atoms with Gasteiger partial charge in [-0.2, -0.15) is 0 Å². The van der Waals surface area contributed by atoms with Crippen molar-refractivity contribution >= 4 is 10.9 Å². The van der Waals surface area contributed by atoms with Crippen LogP contribution in [0.4, 0.5) is 0 Å². The van der Waals surface area contributed by atoms with E-state index in [-0.39, 0.29) is 0 Å². The van der Waals surface area contributed by atoms with Crippen molar-refractivity contribution in [2.45, 2.75) is 18.9 Å². The van der Waals surface area contributed by atoms with Crippen molar-refractivity contribution in [2.24, 2.45) is 5.73 Å². The minimum absolute atomic E-state index is 0.583. The Hall–Kier alpha value is -1.28. The number of aromatic nitrogens is 1. The molecule has 0 spiro atoms. The molecule has 2 heteroatoms. The molecule has 1 heterocycles. The lowest BCUT2D eigenvalue weighted by atomic mass is 10.3. The SMILES string of the molecule is NC1CC1.c1ccc2[nH]ccc2c1. The molecule has 13 heavy (non-hydrogen) atoms. The second kappa shape index (κ2) is 3.62. The fourth-order valence-electron chi connectivity index (χ4n) is 1.09. The van der Waals surface area contributed by atoms with Crippen molar-refractivity contribution in [2.75, 3.05) is 0 Å². The molecule has 3 N–H and O–H groups in total. The lowest BCUT2D eigenvalue weighted by Gasteiger charge is -1.83. The highest BCUT2D eigenvalue weighted by Crippen LogP contribution is 2.13. The van der Waals surface area contributed by atoms with Gasteiger partial charge in [0.1, 0.15) is 0 Å². The van der Waals surface area contributed by atoms with Gasteiger partial charge < -0.3 is 10.7 Å². The average molecular weight is 174 g/mol. The minimum atomic E-state index is 0.583. The standard InChI is InChI=1S/C8H7N.C3H7N/c1-2-4-8-7(3-1)5-6-9-8;4-3-1-2-3/h1-6,9H;3H,1-2,4H2. The monoisotopic (exact) mass is 174 g/mol. The van der Waals surface area contributed by atoms with Crippen LogP contribution >= 0.6 is 0 Å². The Labute approximate surface area is 77.8 Å². The molecule has 3 rings (SSSR count). The van der Waals surface area contributed by atoms with E-state index in [4.69, 9.17) is 5.73 Å². The van der Waals surface area contributed by atoms with E-state index in [9.17, 15) is 0 Å². The summed E-state index contributed by atoms with van der Waals surface area (Å²) in [5, 5.41) is 1.28. The maximum atomic E-state index is 5.22. The van der Waals surface area contributed by atoms with Crippen molar-refractivity contribution in [1.82, 2.24) is 4.98 Å². The second-order valence-electron chi connectivity index (χ2n) is 3.40. The van der Waals surface area contributed by atoms with Gasteiger partial charge in [-0.3, -0.25) is 0 Å². The lowest BCUT2D eigenvalue weighted by Crippen LogP contribution is -1.94. The number of rotatable bonds is 0. The predicted molar refractivity (Wildman–Crippen MR) is 55.5 cm³/mol. The normalized spacial score (nSPS) is 15.2. The molecule has 1 aromatic carbocycles. The number of nitrogens with one attached hydrogen (secondary N) is 1. The Morgan fingerprint density at radius 3 is 2.46 bits per heavy atom. The fraction of sp³-hybridized carbons (Fsp3) is 0.273. The third-order valence-corrected chi connectivity index (χ3v) is 2.08. The van der Waals surface area contributed by atoms with Gasteiger partial charge in [-0.15, -0.1) is 0 Å². The highest BCUT2D eigenvalue weighted by atomic mass is 14.7. The number of hydrogen-bond donors (Lipinski definition) is 2. The van der Waals surface area contributed by atoms with E-state index in [0.29, 0.717) is 6.04 Å². The van der Waals surface area contributed by atoms with E-state index in [2.05, 4.69) is 23.2 Å². The number of para-hydroxylation sites is 1. The Morgan fingerprint density at radius 2 is 1.85 bits per heavy atom. The second-order valence-corrected chi connectivity index (χ2v) is 3.40. The molecule has 0 saturated heterocycles. The van der Waals surface area contributed by atoms with Crippen LogP contribution in [0, 0.1) is 0 Å². The molecule has 68 valence electrons. The number of aromatic amines is 1. The summed E-state index contributed by atoms with van der Waals surface area (Å²) in [4.78, 5) is 3.12. The van der Waals surface area contributed by atoms with Crippen molar-refractivity contribution in [3.05, 3.63) is 36.5 Å². The van der Waals surface area contributed by atoms with E-state index in [1.165, 1.54) is 23.7 Å². The summed E-state index contributed by atoms with van der Waals surface area (Å²) >= 11 is 0. The van der Waals surface area contributed by atoms with E-state index in [0.717, 1.165) is 0 Å². The lowest BCUT2D eigenvalue weighted by molar-refractivity contribution is 1.07. The van der Waals surface area contributed by atoms with Crippen LogP contribution in [0.1, 0.15) is 12.8 Å². The molecule has 0 radical (unpaired) electrons. The molecule has 0 bridgehead atoms. The first-order valence-corrected chi connectivity index (χ1v) is 4.64. The van der Waals surface area contributed by atoms with Crippen LogP contribution in [-0.4, -0.2) is 11.0 Å². The van der Waals surface area contributed by atoms with Gasteiger partial charge in [-0.25, -0.2) is 0 Å². The predicted octanol–water partition coefficient (Wildman–Crippen LogP) is 2.28. The van der Waals surface area contributed by atoms with Crippen LogP contribution in [0.5, 0.6) is 0 Å². The Bertz CT molecular complexity index is 344. The topological polar surface area (TPSA) is 41.8 Å². The van der Waals surface area contributed by atoms with Gasteiger partial charge in [0.05, 0.1) is 0 Å². The zero-order valence-corrected chi connectivity index (χ0v) is 7.53. The highest BCUT2D eigenvalue weighted by Gasteiger charge is 2.13. The highest BCUT2D eigenvalue weighted by molar-refractivity contribution is 5.78. The number of benzene rings is 1. The van der Waals surface area contributed by atoms with Crippen molar-refractivity contribution in [3.63, 3.8) is 0 Å². The molecule has 0 unspecified atom stereocenters. The van der Waals surface area contributed by atoms with Gasteiger partial charge in [0.25, 0.3) is 0 Å². The van der Waals surface area contributed by atoms with Crippen LogP contribution in [0.2, 0.25) is 0 Å². The zero-order chi connectivity index (χ0) is 9.10. The molecule has 0 atom stereocenters. The van der Waals surface area contributed by atoms with Crippen molar-refractivity contribution in [3.8, 4) is 0 Å². The summed E-state index contributed by atoms with van der Waals surface area (Å²) in [6.45, 7) is 0. The van der Waals surface area contributed by atoms with Gasteiger partial charge >= 0.3 is 0 Å². The van der Waals surface area contributed by atoms with E-state index < -0.39 is 0 Å². The Morgan fingerprint density at radius 1 is 1.15 bits per heavy atom. The average Bonchev–Trinajstić information content (AvgIpc) is 2.82. The number of fused-ring (bicyclic) bond motifs is 1. The van der Waals surface area contributed by atoms with Crippen LogP contribution < -0.4 is 5.73 Å². The molecule has 1 aliphatic carbocycles. The molecule has 2 aromatic rings. The molecular weight excluding hydrogens is 160 g/mol. The molecule has 2 nitrogen and oxygen atoms in total. The number of hydrogen-bond acceptors (Lipinski definition) is 1. The van der Waals surface area contributed by atoms with Crippen LogP contribution in [-0.2, 0) is 0 Å². The van der Waals surface area contributed by atoms with Gasteiger partial charge in [0.2, 0.25) is 0 Å². The van der Waals surface area contributed by atoms with Gasteiger partial charge in [0, 0.05) is 17.8 Å². The van der Waals surface area contributed by atoms with Gasteiger partial charge in [-0.05, 0) is 30.4 Å². The molecule has 1 saturated carbocycles. The van der Waals surface area contributed by atoms with E-state index >= 15 is 0 Å². The maximum Gasteiger partial charge on any atom is 0.0453 e. The van der Waals surface area contributed by atoms with Crippen LogP contribution in [0.3, 0.4) is 0 Å². The fourth-order valence-corrected chi connectivity index (χ4v) is 1.09. The summed E-state index contributed by atoms with van der Waals surface area (Å²) in [5.41, 5.74) is 6.43. The summed E-state index contributed by atoms with van der Waals surface area (Å²) in [7, 11) is 0. The molecule has 1 aromatic heterocycles. The molecular formula is C11H14N2. The third kappa shape index (κ3) is 2.33. The molecule has 1 aliphatic rings. The molecule has 1 fully saturated rings. The number of nitrogens with two attached hydrogens (primary N) is 1. The third-order valence-electron chi connectivity index (χ3n) is 2.08. The Balaban J connectivity index is 0.000000137. The van der Waals surface area contributed by atoms with Crippen molar-refractivity contribution < 1.29 is 0 Å². The smallest absolute Gasteiger partial charge is 0.0453 e. The summed E-state index contributed by atoms with van der Waals surface area (Å²) in [6.07, 6.45) is 4.48. The number of H-pyrrole nitrogens is 1. The Kier molecular flexibility index (Phi) is 2.32. The van der Waals surface area contributed by atoms with Crippen LogP contribution in [0.15, 0.2) is 36.5 Å². The summed E-state index contributed by atoms with van der Waals surface area (Å²) in [5.74, 6) is 0. The van der Waals surface area contributed by atoms with E-state index in [1.54, 1.807) is 0 Å². The first-order valence-electron chi connectivity index (χ1n) is 4.64. The quantitative estimate of drug-likeness (QED) is 0.632. The van der Waals surface area contributed by atoms with E-state index in [1.807, 2.05) is 18.3 Å². The summed E-state index contributed by atoms with van der Waals surface area (Å²) < 4.78 is 0. The zero-order valence-electron chi connectivity index (χ0n) is 7.53. The van der Waals surface area contributed by atoms with Gasteiger partial charge in [-0.1, -0.05) is 18.2 Å². The molecule has 0 amide bonds. The first kappa shape index (κ1) is 8.32. The maximum absolute atomic E-state index is 5.22. The minimum Gasteiger partial charge on any atom is -0.361 e. The first-order chi connectivity index (χ1) is 6.36. The largest absolute Gasteiger partial charge is 0.361 e. The van der Waals surface area contributed by atoms with Crippen LogP contribution in [0.25, 0.3) is 10.9 Å². The molecule has 0 aliphatic heterocycles. The summed E-state index contributed by atoms with van der Waals surface area (Å²) in [6, 6.07) is 10.9. The van der Waals surface area contributed by atoms with Gasteiger partial charge in [0.15, 0.2) is 0 Å². The van der Waals surface area contributed by atoms with Crippen molar-refractivity contribution in [1.29, 1.82) is 0 Å².